The fourth-order valence-electron chi connectivity index (χ4n) is 2.01. The lowest BCUT2D eigenvalue weighted by Crippen LogP contribution is -2.43. The van der Waals surface area contributed by atoms with Gasteiger partial charge in [-0.15, -0.1) is 5.11 Å². The lowest BCUT2D eigenvalue weighted by atomic mass is 10.2. The molecule has 0 amide bonds. The average Bonchev–Trinajstić information content (AvgIpc) is 2.43. The Hall–Kier alpha value is -1.65. The maximum Gasteiger partial charge on any atom is 0.147 e. The van der Waals surface area contributed by atoms with Crippen LogP contribution >= 0.6 is 11.6 Å². The summed E-state index contributed by atoms with van der Waals surface area (Å²) in [5.41, 5.74) is 3.95. The molecule has 0 saturated heterocycles. The molecular formula is C17H22ClN3Si. The van der Waals surface area contributed by atoms with Gasteiger partial charge in [0.15, 0.2) is 0 Å². The van der Waals surface area contributed by atoms with E-state index < -0.39 is 8.24 Å². The molecule has 0 heterocycles. The molecule has 0 aliphatic rings. The molecule has 116 valence electrons. The van der Waals surface area contributed by atoms with Crippen LogP contribution in [-0.2, 0) is 0 Å². The molecule has 2 aromatic carbocycles. The number of rotatable bonds is 4. The monoisotopic (exact) mass is 331 g/mol. The number of nitrogens with zero attached hydrogens (tertiary/aromatic N) is 3. The first-order chi connectivity index (χ1) is 10.3. The molecule has 0 radical (unpaired) electrons. The van der Waals surface area contributed by atoms with Gasteiger partial charge < -0.3 is 4.57 Å². The Morgan fingerprint density at radius 3 is 2.36 bits per heavy atom. The van der Waals surface area contributed by atoms with Crippen molar-refractivity contribution in [2.24, 2.45) is 10.2 Å². The van der Waals surface area contributed by atoms with Gasteiger partial charge in [-0.3, -0.25) is 0 Å². The maximum absolute atomic E-state index is 5.99. The molecule has 2 rings (SSSR count). The third-order valence-corrected chi connectivity index (χ3v) is 6.07. The highest BCUT2D eigenvalue weighted by atomic mass is 35.5. The maximum atomic E-state index is 5.99. The van der Waals surface area contributed by atoms with E-state index >= 15 is 0 Å². The van der Waals surface area contributed by atoms with Crippen LogP contribution in [0.1, 0.15) is 5.56 Å². The highest BCUT2D eigenvalue weighted by Crippen LogP contribution is 2.33. The third-order valence-electron chi connectivity index (χ3n) is 3.58. The van der Waals surface area contributed by atoms with Crippen molar-refractivity contribution in [2.75, 3.05) is 11.6 Å². The second kappa shape index (κ2) is 6.63. The third kappa shape index (κ3) is 4.18. The fourth-order valence-corrected chi connectivity index (χ4v) is 3.10. The first kappa shape index (κ1) is 16.7. The molecule has 0 spiro atoms. The Bertz CT molecular complexity index is 693. The highest BCUT2D eigenvalue weighted by Gasteiger charge is 2.22. The van der Waals surface area contributed by atoms with Crippen molar-refractivity contribution >= 4 is 36.9 Å². The van der Waals surface area contributed by atoms with Gasteiger partial charge in [0.25, 0.3) is 0 Å². The van der Waals surface area contributed by atoms with E-state index in [4.69, 9.17) is 11.6 Å². The Labute approximate surface area is 138 Å². The Balaban J connectivity index is 2.40. The van der Waals surface area contributed by atoms with E-state index in [1.54, 1.807) is 0 Å². The molecule has 0 aromatic heterocycles. The minimum absolute atomic E-state index is 0.667. The number of benzene rings is 2. The molecule has 0 saturated carbocycles. The number of halogens is 1. The summed E-state index contributed by atoms with van der Waals surface area (Å²) in [4.78, 5) is 0. The summed E-state index contributed by atoms with van der Waals surface area (Å²) in [6, 6.07) is 13.7. The van der Waals surface area contributed by atoms with Crippen molar-refractivity contribution < 1.29 is 0 Å². The molecule has 2 aromatic rings. The van der Waals surface area contributed by atoms with E-state index in [-0.39, 0.29) is 0 Å². The van der Waals surface area contributed by atoms with Crippen LogP contribution in [-0.4, -0.2) is 15.3 Å². The quantitative estimate of drug-likeness (QED) is 0.475. The van der Waals surface area contributed by atoms with E-state index in [0.29, 0.717) is 5.02 Å². The minimum atomic E-state index is -1.46. The molecule has 0 unspecified atom stereocenters. The highest BCUT2D eigenvalue weighted by molar-refractivity contribution is 6.79. The lowest BCUT2D eigenvalue weighted by Gasteiger charge is -2.33. The van der Waals surface area contributed by atoms with Crippen LogP contribution in [0.15, 0.2) is 52.7 Å². The van der Waals surface area contributed by atoms with Crippen molar-refractivity contribution in [1.82, 2.24) is 0 Å². The number of anilines is 1. The number of hydrogen-bond acceptors (Lipinski definition) is 3. The Kier molecular flexibility index (Phi) is 5.03. The standard InChI is InChI=1S/C17H22ClN3Si/c1-13-9-10-17(21(2)22(3,4)5)16(11-13)20-19-15-8-6-7-14(18)12-15/h6-12H,1-5H3. The van der Waals surface area contributed by atoms with E-state index in [1.165, 1.54) is 5.56 Å². The number of azo groups is 1. The van der Waals surface area contributed by atoms with E-state index in [1.807, 2.05) is 24.3 Å². The predicted octanol–water partition coefficient (Wildman–Crippen LogP) is 6.33. The predicted molar refractivity (Wildman–Crippen MR) is 98.6 cm³/mol. The molecule has 0 fully saturated rings. The Morgan fingerprint density at radius 1 is 1.00 bits per heavy atom. The van der Waals surface area contributed by atoms with Crippen molar-refractivity contribution in [1.29, 1.82) is 0 Å². The summed E-state index contributed by atoms with van der Waals surface area (Å²) in [7, 11) is 0.677. The van der Waals surface area contributed by atoms with Crippen molar-refractivity contribution in [3.05, 3.63) is 53.1 Å². The lowest BCUT2D eigenvalue weighted by molar-refractivity contribution is 1.18. The Morgan fingerprint density at radius 2 is 1.73 bits per heavy atom. The van der Waals surface area contributed by atoms with Gasteiger partial charge in [-0.2, -0.15) is 5.11 Å². The zero-order valence-corrected chi connectivity index (χ0v) is 15.5. The van der Waals surface area contributed by atoms with Gasteiger partial charge in [-0.1, -0.05) is 43.4 Å². The minimum Gasteiger partial charge on any atom is -0.399 e. The molecule has 22 heavy (non-hydrogen) atoms. The van der Waals surface area contributed by atoms with Gasteiger partial charge in [0.2, 0.25) is 0 Å². The van der Waals surface area contributed by atoms with Gasteiger partial charge in [-0.25, -0.2) is 0 Å². The normalized spacial score (nSPS) is 11.9. The second-order valence-corrected chi connectivity index (χ2v) is 11.9. The summed E-state index contributed by atoms with van der Waals surface area (Å²) >= 11 is 5.99. The molecule has 0 bridgehead atoms. The van der Waals surface area contributed by atoms with Gasteiger partial charge in [0.1, 0.15) is 13.9 Å². The van der Waals surface area contributed by atoms with Crippen molar-refractivity contribution in [3.63, 3.8) is 0 Å². The molecule has 0 aliphatic heterocycles. The summed E-state index contributed by atoms with van der Waals surface area (Å²) < 4.78 is 2.35. The van der Waals surface area contributed by atoms with Gasteiger partial charge >= 0.3 is 0 Å². The van der Waals surface area contributed by atoms with Crippen LogP contribution in [0, 0.1) is 6.92 Å². The van der Waals surface area contributed by atoms with Gasteiger partial charge in [-0.05, 0) is 49.9 Å². The first-order valence-electron chi connectivity index (χ1n) is 7.29. The van der Waals surface area contributed by atoms with E-state index in [0.717, 1.165) is 17.1 Å². The van der Waals surface area contributed by atoms with E-state index in [2.05, 4.69) is 66.6 Å². The molecular weight excluding hydrogens is 310 g/mol. The van der Waals surface area contributed by atoms with Crippen molar-refractivity contribution in [2.45, 2.75) is 26.6 Å². The largest absolute Gasteiger partial charge is 0.399 e. The number of aryl methyl sites for hydroxylation is 1. The summed E-state index contributed by atoms with van der Waals surface area (Å²) in [5.74, 6) is 0. The van der Waals surface area contributed by atoms with Gasteiger partial charge in [0.05, 0.1) is 11.4 Å². The topological polar surface area (TPSA) is 28.0 Å². The average molecular weight is 332 g/mol. The van der Waals surface area contributed by atoms with Crippen LogP contribution < -0.4 is 4.57 Å². The molecule has 5 heteroatoms. The molecule has 0 atom stereocenters. The van der Waals surface area contributed by atoms with Gasteiger partial charge in [0, 0.05) is 5.02 Å². The summed E-state index contributed by atoms with van der Waals surface area (Å²) in [6.45, 7) is 9.00. The molecule has 0 aliphatic carbocycles. The van der Waals surface area contributed by atoms with Crippen LogP contribution in [0.2, 0.25) is 24.7 Å². The van der Waals surface area contributed by atoms with E-state index in [9.17, 15) is 0 Å². The SMILES string of the molecule is Cc1ccc(N(C)[Si](C)(C)C)c(N=Nc2cccc(Cl)c2)c1. The molecule has 3 nitrogen and oxygen atoms in total. The zero-order chi connectivity index (χ0) is 16.3. The summed E-state index contributed by atoms with van der Waals surface area (Å²) in [6.07, 6.45) is 0. The van der Waals surface area contributed by atoms with Crippen LogP contribution in [0.5, 0.6) is 0 Å². The van der Waals surface area contributed by atoms with Crippen LogP contribution in [0.3, 0.4) is 0 Å². The summed E-state index contributed by atoms with van der Waals surface area (Å²) in [5, 5.41) is 9.46. The van der Waals surface area contributed by atoms with Crippen molar-refractivity contribution in [3.8, 4) is 0 Å². The second-order valence-electron chi connectivity index (χ2n) is 6.40. The van der Waals surface area contributed by atoms with Crippen LogP contribution in [0.4, 0.5) is 17.1 Å². The fraction of sp³-hybridized carbons (Fsp3) is 0.294. The van der Waals surface area contributed by atoms with Crippen LogP contribution in [0.25, 0.3) is 0 Å². The number of hydrogen-bond donors (Lipinski definition) is 0. The first-order valence-corrected chi connectivity index (χ1v) is 11.1. The zero-order valence-electron chi connectivity index (χ0n) is 13.8. The molecule has 0 N–H and O–H groups in total. The smallest absolute Gasteiger partial charge is 0.147 e.